The Bertz CT molecular complexity index is 667. The van der Waals surface area contributed by atoms with Crippen molar-refractivity contribution in [1.29, 1.82) is 0 Å². The van der Waals surface area contributed by atoms with E-state index < -0.39 is 0 Å². The summed E-state index contributed by atoms with van der Waals surface area (Å²) in [7, 11) is 0. The molecule has 23 heavy (non-hydrogen) atoms. The lowest BCUT2D eigenvalue weighted by Crippen LogP contribution is -2.26. The van der Waals surface area contributed by atoms with Crippen molar-refractivity contribution in [2.75, 3.05) is 0 Å². The zero-order valence-corrected chi connectivity index (χ0v) is 13.6. The van der Waals surface area contributed by atoms with E-state index in [-0.39, 0.29) is 17.2 Å². The molecule has 2 aromatic rings. The number of hydrogen-bond acceptors (Lipinski definition) is 2. The number of nitrogens with zero attached hydrogens (tertiary/aromatic N) is 1. The Morgan fingerprint density at radius 2 is 1.61 bits per heavy atom. The van der Waals surface area contributed by atoms with Gasteiger partial charge in [-0.2, -0.15) is 5.10 Å². The number of rotatable bonds is 5. The molecule has 3 rings (SSSR count). The molecular weight excluding hydrogens is 284 g/mol. The van der Waals surface area contributed by atoms with Crippen molar-refractivity contribution in [3.8, 4) is 0 Å². The zero-order chi connectivity index (χ0) is 16.3. The van der Waals surface area contributed by atoms with Gasteiger partial charge in [-0.15, -0.1) is 0 Å². The molecule has 2 aromatic carbocycles. The van der Waals surface area contributed by atoms with Gasteiger partial charge in [-0.1, -0.05) is 67.6 Å². The highest BCUT2D eigenvalue weighted by Crippen LogP contribution is 2.58. The highest BCUT2D eigenvalue weighted by Gasteiger charge is 2.60. The number of hydrazone groups is 1. The van der Waals surface area contributed by atoms with Gasteiger partial charge >= 0.3 is 0 Å². The number of carbonyl (C=O) groups is 1. The van der Waals surface area contributed by atoms with Crippen LogP contribution in [0.3, 0.4) is 0 Å². The monoisotopic (exact) mass is 306 g/mol. The molecule has 0 bridgehead atoms. The Morgan fingerprint density at radius 1 is 1.09 bits per heavy atom. The average Bonchev–Trinajstić information content (AvgIpc) is 3.38. The van der Waals surface area contributed by atoms with Gasteiger partial charge in [0.05, 0.1) is 5.92 Å². The average molecular weight is 306 g/mol. The molecule has 1 saturated carbocycles. The van der Waals surface area contributed by atoms with Crippen LogP contribution in [-0.2, 0) is 10.2 Å². The maximum absolute atomic E-state index is 12.6. The summed E-state index contributed by atoms with van der Waals surface area (Å²) in [6.07, 6.45) is 1.67. The van der Waals surface area contributed by atoms with Crippen LogP contribution in [0.25, 0.3) is 0 Å². The largest absolute Gasteiger partial charge is 0.273 e. The van der Waals surface area contributed by atoms with Crippen LogP contribution in [0.1, 0.15) is 37.8 Å². The second-order valence-corrected chi connectivity index (χ2v) is 6.14. The van der Waals surface area contributed by atoms with Gasteiger partial charge in [0.15, 0.2) is 0 Å². The Kier molecular flexibility index (Phi) is 4.28. The Balaban J connectivity index is 1.91. The molecule has 3 heteroatoms. The van der Waals surface area contributed by atoms with Gasteiger partial charge < -0.3 is 0 Å². The predicted octanol–water partition coefficient (Wildman–Crippen LogP) is 3.89. The summed E-state index contributed by atoms with van der Waals surface area (Å²) in [6, 6.07) is 20.6. The quantitative estimate of drug-likeness (QED) is 0.661. The van der Waals surface area contributed by atoms with Crippen molar-refractivity contribution in [3.05, 3.63) is 71.8 Å². The summed E-state index contributed by atoms with van der Waals surface area (Å²) in [4.78, 5) is 12.6. The van der Waals surface area contributed by atoms with Gasteiger partial charge in [-0.3, -0.25) is 4.79 Å². The maximum atomic E-state index is 12.6. The normalized spacial score (nSPS) is 19.2. The second-order valence-electron chi connectivity index (χ2n) is 6.14. The van der Waals surface area contributed by atoms with Crippen molar-refractivity contribution >= 4 is 11.6 Å². The van der Waals surface area contributed by atoms with Crippen molar-refractivity contribution < 1.29 is 4.79 Å². The molecular formula is C20H22N2O. The molecule has 118 valence electrons. The molecule has 0 aliphatic heterocycles. The summed E-state index contributed by atoms with van der Waals surface area (Å²) in [5, 5.41) is 4.17. The van der Waals surface area contributed by atoms with Crippen molar-refractivity contribution in [2.45, 2.75) is 32.1 Å². The van der Waals surface area contributed by atoms with Crippen LogP contribution in [0.4, 0.5) is 0 Å². The number of nitrogens with one attached hydrogen (secondary N) is 1. The predicted molar refractivity (Wildman–Crippen MR) is 93.3 cm³/mol. The Hall–Kier alpha value is -2.42. The fraction of sp³-hybridized carbons (Fsp3) is 0.300. The van der Waals surface area contributed by atoms with Crippen LogP contribution in [0, 0.1) is 5.92 Å². The van der Waals surface area contributed by atoms with Gasteiger partial charge in [0.2, 0.25) is 5.91 Å². The number of benzene rings is 2. The Morgan fingerprint density at radius 3 is 2.09 bits per heavy atom. The molecule has 1 N–H and O–H groups in total. The summed E-state index contributed by atoms with van der Waals surface area (Å²) in [5.74, 6) is -0.0637. The highest BCUT2D eigenvalue weighted by molar-refractivity contribution is 5.88. The molecule has 3 nitrogen and oxygen atoms in total. The molecule has 1 atom stereocenters. The zero-order valence-electron chi connectivity index (χ0n) is 13.6. The van der Waals surface area contributed by atoms with E-state index in [9.17, 15) is 4.79 Å². The molecule has 0 unspecified atom stereocenters. The van der Waals surface area contributed by atoms with Crippen LogP contribution >= 0.6 is 0 Å². The van der Waals surface area contributed by atoms with Gasteiger partial charge in [0.1, 0.15) is 0 Å². The molecule has 0 heterocycles. The first kappa shape index (κ1) is 15.5. The lowest BCUT2D eigenvalue weighted by Gasteiger charge is -2.18. The first-order valence-electron chi connectivity index (χ1n) is 8.12. The van der Waals surface area contributed by atoms with Crippen LogP contribution in [0.15, 0.2) is 65.8 Å². The minimum atomic E-state index is -0.220. The lowest BCUT2D eigenvalue weighted by atomic mass is 9.85. The van der Waals surface area contributed by atoms with Crippen LogP contribution < -0.4 is 5.43 Å². The topological polar surface area (TPSA) is 41.5 Å². The summed E-state index contributed by atoms with van der Waals surface area (Å²) in [6.45, 7) is 3.95. The molecule has 0 aromatic heterocycles. The smallest absolute Gasteiger partial charge is 0.244 e. The highest BCUT2D eigenvalue weighted by atomic mass is 16.2. The summed E-state index contributed by atoms with van der Waals surface area (Å²) in [5.41, 5.74) is 5.85. The van der Waals surface area contributed by atoms with Gasteiger partial charge in [0.25, 0.3) is 0 Å². The van der Waals surface area contributed by atoms with E-state index in [0.29, 0.717) is 0 Å². The number of amides is 1. The van der Waals surface area contributed by atoms with Crippen LogP contribution in [-0.4, -0.2) is 11.6 Å². The lowest BCUT2D eigenvalue weighted by molar-refractivity contribution is -0.122. The second kappa shape index (κ2) is 6.37. The van der Waals surface area contributed by atoms with E-state index in [4.69, 9.17) is 0 Å². The van der Waals surface area contributed by atoms with E-state index >= 15 is 0 Å². The summed E-state index contributed by atoms with van der Waals surface area (Å²) >= 11 is 0. The van der Waals surface area contributed by atoms with Gasteiger partial charge in [-0.05, 0) is 30.9 Å². The van der Waals surface area contributed by atoms with E-state index in [2.05, 4.69) is 34.8 Å². The fourth-order valence-electron chi connectivity index (χ4n) is 3.16. The SMILES string of the molecule is CC/C(C)=N\NC(=O)[C@H]1CC1(c1ccccc1)c1ccccc1. The van der Waals surface area contributed by atoms with Crippen molar-refractivity contribution in [1.82, 2.24) is 5.43 Å². The first-order chi connectivity index (χ1) is 11.2. The molecule has 1 aliphatic carbocycles. The van der Waals surface area contributed by atoms with E-state index in [1.165, 1.54) is 11.1 Å². The molecule has 0 radical (unpaired) electrons. The molecule has 1 aliphatic rings. The minimum absolute atomic E-state index is 0.00510. The minimum Gasteiger partial charge on any atom is -0.273 e. The third-order valence-electron chi connectivity index (χ3n) is 4.72. The summed E-state index contributed by atoms with van der Waals surface area (Å²) < 4.78 is 0. The third kappa shape index (κ3) is 2.91. The number of carbonyl (C=O) groups excluding carboxylic acids is 1. The van der Waals surface area contributed by atoms with Crippen LogP contribution in [0.2, 0.25) is 0 Å². The number of hydrogen-bond donors (Lipinski definition) is 1. The molecule has 0 spiro atoms. The maximum Gasteiger partial charge on any atom is 0.244 e. The van der Waals surface area contributed by atoms with Crippen molar-refractivity contribution in [2.24, 2.45) is 11.0 Å². The van der Waals surface area contributed by atoms with E-state index in [0.717, 1.165) is 18.6 Å². The third-order valence-corrected chi connectivity index (χ3v) is 4.72. The van der Waals surface area contributed by atoms with E-state index in [1.807, 2.05) is 50.2 Å². The standard InChI is InChI=1S/C20H22N2O/c1-3-15(2)21-22-19(23)18-14-20(18,16-10-6-4-7-11-16)17-12-8-5-9-13-17/h4-13,18H,3,14H2,1-2H3,(H,22,23)/b21-15-/t18-/m1/s1. The molecule has 0 saturated heterocycles. The Labute approximate surface area is 137 Å². The molecule has 1 amide bonds. The fourth-order valence-corrected chi connectivity index (χ4v) is 3.16. The molecule has 1 fully saturated rings. The van der Waals surface area contributed by atoms with E-state index in [1.54, 1.807) is 0 Å². The van der Waals surface area contributed by atoms with Crippen LogP contribution in [0.5, 0.6) is 0 Å². The van der Waals surface area contributed by atoms with Gasteiger partial charge in [-0.25, -0.2) is 5.43 Å². The first-order valence-corrected chi connectivity index (χ1v) is 8.12. The van der Waals surface area contributed by atoms with Crippen molar-refractivity contribution in [3.63, 3.8) is 0 Å². The van der Waals surface area contributed by atoms with Gasteiger partial charge in [0, 0.05) is 11.1 Å².